The average molecular weight is 314 g/mol. The van der Waals surface area contributed by atoms with E-state index in [1.54, 1.807) is 24.3 Å². The summed E-state index contributed by atoms with van der Waals surface area (Å²) < 4.78 is 0. The molecule has 0 unspecified atom stereocenters. The van der Waals surface area contributed by atoms with Crippen molar-refractivity contribution in [1.82, 2.24) is 5.32 Å². The number of carboxylic acids is 1. The van der Waals surface area contributed by atoms with Crippen LogP contribution in [0.25, 0.3) is 6.08 Å². The van der Waals surface area contributed by atoms with Crippen molar-refractivity contribution in [3.8, 4) is 0 Å². The average Bonchev–Trinajstić information content (AvgIpc) is 3.16. The van der Waals surface area contributed by atoms with Crippen LogP contribution in [0, 0.1) is 5.41 Å². The van der Waals surface area contributed by atoms with Gasteiger partial charge in [0.25, 0.3) is 0 Å². The Balaban J connectivity index is 1.91. The first-order valence-electron chi connectivity index (χ1n) is 6.07. The van der Waals surface area contributed by atoms with Crippen molar-refractivity contribution in [3.05, 3.63) is 39.9 Å². The first-order valence-corrected chi connectivity index (χ1v) is 6.83. The van der Waals surface area contributed by atoms with Crippen LogP contribution in [0.5, 0.6) is 0 Å². The molecule has 6 heteroatoms. The molecule has 2 N–H and O–H groups in total. The van der Waals surface area contributed by atoms with Crippen LogP contribution in [0.4, 0.5) is 0 Å². The maximum absolute atomic E-state index is 11.6. The van der Waals surface area contributed by atoms with Gasteiger partial charge in [0.15, 0.2) is 0 Å². The number of amides is 1. The van der Waals surface area contributed by atoms with Crippen molar-refractivity contribution in [2.75, 3.05) is 6.54 Å². The molecule has 1 aromatic carbocycles. The SMILES string of the molecule is O=C(/C=C/c1ccc(Cl)cc1Cl)NCC1(C(=O)O)CC1. The van der Waals surface area contributed by atoms with Crippen molar-refractivity contribution in [2.24, 2.45) is 5.41 Å². The normalized spacial score (nSPS) is 16.1. The van der Waals surface area contributed by atoms with E-state index >= 15 is 0 Å². The summed E-state index contributed by atoms with van der Waals surface area (Å²) in [5.74, 6) is -1.20. The molecule has 0 aliphatic heterocycles. The molecule has 0 spiro atoms. The van der Waals surface area contributed by atoms with Gasteiger partial charge in [-0.25, -0.2) is 0 Å². The molecule has 0 aromatic heterocycles. The standard InChI is InChI=1S/C14H13Cl2NO3/c15-10-3-1-9(11(16)7-10)2-4-12(18)17-8-14(5-6-14)13(19)20/h1-4,7H,5-6,8H2,(H,17,18)(H,19,20)/b4-2+. The monoisotopic (exact) mass is 313 g/mol. The number of halogens is 2. The van der Waals surface area contributed by atoms with Gasteiger partial charge in [-0.3, -0.25) is 9.59 Å². The number of rotatable bonds is 5. The predicted octanol–water partition coefficient (Wildman–Crippen LogP) is 2.99. The van der Waals surface area contributed by atoms with Gasteiger partial charge in [-0.1, -0.05) is 29.3 Å². The van der Waals surface area contributed by atoms with Crippen LogP contribution in [0.2, 0.25) is 10.0 Å². The number of benzene rings is 1. The van der Waals surface area contributed by atoms with E-state index in [1.165, 1.54) is 6.08 Å². The van der Waals surface area contributed by atoms with Crippen LogP contribution in [-0.2, 0) is 9.59 Å². The van der Waals surface area contributed by atoms with Crippen LogP contribution in [0.3, 0.4) is 0 Å². The lowest BCUT2D eigenvalue weighted by Crippen LogP contribution is -2.33. The summed E-state index contributed by atoms with van der Waals surface area (Å²) >= 11 is 11.7. The maximum Gasteiger partial charge on any atom is 0.311 e. The number of hydrogen-bond acceptors (Lipinski definition) is 2. The number of nitrogens with one attached hydrogen (secondary N) is 1. The third kappa shape index (κ3) is 3.52. The summed E-state index contributed by atoms with van der Waals surface area (Å²) in [4.78, 5) is 22.6. The molecule has 0 heterocycles. The zero-order chi connectivity index (χ0) is 14.8. The minimum atomic E-state index is -0.859. The Bertz CT molecular complexity index is 580. The molecule has 0 atom stereocenters. The second kappa shape index (κ2) is 5.85. The van der Waals surface area contributed by atoms with Gasteiger partial charge in [0.1, 0.15) is 0 Å². The Kier molecular flexibility index (Phi) is 4.35. The molecule has 4 nitrogen and oxygen atoms in total. The Morgan fingerprint density at radius 1 is 1.35 bits per heavy atom. The molecule has 1 aliphatic carbocycles. The smallest absolute Gasteiger partial charge is 0.311 e. The molecule has 2 rings (SSSR count). The third-order valence-electron chi connectivity index (χ3n) is 3.29. The first-order chi connectivity index (χ1) is 9.43. The fraction of sp³-hybridized carbons (Fsp3) is 0.286. The molecule has 1 aromatic rings. The Morgan fingerprint density at radius 2 is 2.05 bits per heavy atom. The van der Waals surface area contributed by atoms with E-state index in [-0.39, 0.29) is 12.5 Å². The lowest BCUT2D eigenvalue weighted by Gasteiger charge is -2.09. The Labute approximate surface area is 126 Å². The van der Waals surface area contributed by atoms with Crippen molar-refractivity contribution in [1.29, 1.82) is 0 Å². The van der Waals surface area contributed by atoms with Crippen molar-refractivity contribution in [3.63, 3.8) is 0 Å². The number of carboxylic acid groups (broad SMARTS) is 1. The van der Waals surface area contributed by atoms with E-state index in [2.05, 4.69) is 5.32 Å². The second-order valence-electron chi connectivity index (χ2n) is 4.80. The highest BCUT2D eigenvalue weighted by Crippen LogP contribution is 2.45. The van der Waals surface area contributed by atoms with Crippen LogP contribution in [0.1, 0.15) is 18.4 Å². The van der Waals surface area contributed by atoms with Gasteiger partial charge >= 0.3 is 5.97 Å². The van der Waals surface area contributed by atoms with Crippen LogP contribution in [-0.4, -0.2) is 23.5 Å². The zero-order valence-corrected chi connectivity index (χ0v) is 12.0. The van der Waals surface area contributed by atoms with Crippen LogP contribution < -0.4 is 5.32 Å². The zero-order valence-electron chi connectivity index (χ0n) is 10.5. The fourth-order valence-electron chi connectivity index (χ4n) is 1.73. The van der Waals surface area contributed by atoms with Crippen molar-refractivity contribution in [2.45, 2.75) is 12.8 Å². The predicted molar refractivity (Wildman–Crippen MR) is 77.8 cm³/mol. The molecule has 1 fully saturated rings. The topological polar surface area (TPSA) is 66.4 Å². The van der Waals surface area contributed by atoms with Crippen LogP contribution in [0.15, 0.2) is 24.3 Å². The highest BCUT2D eigenvalue weighted by Gasteiger charge is 2.50. The number of hydrogen-bond donors (Lipinski definition) is 2. The lowest BCUT2D eigenvalue weighted by atomic mass is 10.1. The van der Waals surface area contributed by atoms with E-state index in [0.717, 1.165) is 0 Å². The number of carbonyl (C=O) groups excluding carboxylic acids is 1. The van der Waals surface area contributed by atoms with E-state index in [9.17, 15) is 9.59 Å². The summed E-state index contributed by atoms with van der Waals surface area (Å²) in [7, 11) is 0. The highest BCUT2D eigenvalue weighted by atomic mass is 35.5. The Hall–Kier alpha value is -1.52. The quantitative estimate of drug-likeness (QED) is 0.821. The third-order valence-corrected chi connectivity index (χ3v) is 3.85. The fourth-order valence-corrected chi connectivity index (χ4v) is 2.21. The van der Waals surface area contributed by atoms with Gasteiger partial charge in [-0.2, -0.15) is 0 Å². The molecule has 1 aliphatic rings. The number of carbonyl (C=O) groups is 2. The van der Waals surface area contributed by atoms with E-state index < -0.39 is 11.4 Å². The van der Waals surface area contributed by atoms with Gasteiger partial charge in [0.05, 0.1) is 5.41 Å². The van der Waals surface area contributed by atoms with Crippen molar-refractivity contribution < 1.29 is 14.7 Å². The first kappa shape index (κ1) is 14.9. The molecule has 0 bridgehead atoms. The molecule has 1 saturated carbocycles. The molecule has 1 amide bonds. The van der Waals surface area contributed by atoms with E-state index in [1.807, 2.05) is 0 Å². The highest BCUT2D eigenvalue weighted by molar-refractivity contribution is 6.35. The second-order valence-corrected chi connectivity index (χ2v) is 5.65. The molecule has 20 heavy (non-hydrogen) atoms. The molecule has 106 valence electrons. The van der Waals surface area contributed by atoms with Crippen molar-refractivity contribution >= 4 is 41.2 Å². The summed E-state index contributed by atoms with van der Waals surface area (Å²) in [6, 6.07) is 4.97. The van der Waals surface area contributed by atoms with E-state index in [0.29, 0.717) is 28.5 Å². The molecule has 0 saturated heterocycles. The lowest BCUT2D eigenvalue weighted by molar-refractivity contribution is -0.143. The minimum absolute atomic E-state index is 0.153. The molecule has 0 radical (unpaired) electrons. The largest absolute Gasteiger partial charge is 0.481 e. The van der Waals surface area contributed by atoms with Gasteiger partial charge in [0, 0.05) is 22.7 Å². The van der Waals surface area contributed by atoms with Gasteiger partial charge in [-0.05, 0) is 36.6 Å². The summed E-state index contributed by atoms with van der Waals surface area (Å²) in [5, 5.41) is 12.6. The van der Waals surface area contributed by atoms with E-state index in [4.69, 9.17) is 28.3 Å². The molecular formula is C14H13Cl2NO3. The Morgan fingerprint density at radius 3 is 2.60 bits per heavy atom. The van der Waals surface area contributed by atoms with Crippen LogP contribution >= 0.6 is 23.2 Å². The summed E-state index contributed by atoms with van der Waals surface area (Å²) in [6.07, 6.45) is 4.10. The van der Waals surface area contributed by atoms with Gasteiger partial charge in [0.2, 0.25) is 5.91 Å². The van der Waals surface area contributed by atoms with Gasteiger partial charge in [-0.15, -0.1) is 0 Å². The maximum atomic E-state index is 11.6. The minimum Gasteiger partial charge on any atom is -0.481 e. The number of aliphatic carboxylic acids is 1. The van der Waals surface area contributed by atoms with Gasteiger partial charge < -0.3 is 10.4 Å². The summed E-state index contributed by atoms with van der Waals surface area (Å²) in [5.41, 5.74) is -0.0906. The molecular weight excluding hydrogens is 301 g/mol. The summed E-state index contributed by atoms with van der Waals surface area (Å²) in [6.45, 7) is 0.153.